The van der Waals surface area contributed by atoms with Crippen molar-refractivity contribution in [3.05, 3.63) is 35.9 Å². The zero-order chi connectivity index (χ0) is 17.1. The van der Waals surface area contributed by atoms with Crippen LogP contribution in [-0.2, 0) is 9.59 Å². The first kappa shape index (κ1) is 16.8. The van der Waals surface area contributed by atoms with Crippen molar-refractivity contribution in [1.29, 1.82) is 0 Å². The second-order valence-electron chi connectivity index (χ2n) is 6.21. The largest absolute Gasteiger partial charge is 0.481 e. The Bertz CT molecular complexity index is 637. The number of hydrogen-bond donors (Lipinski definition) is 2. The molecule has 1 aromatic rings. The molecular formula is C17H20N2O4S. The van der Waals surface area contributed by atoms with E-state index in [2.05, 4.69) is 5.32 Å². The molecule has 3 atom stereocenters. The maximum absolute atomic E-state index is 12.6. The Hall–Kier alpha value is -2.02. The fourth-order valence-corrected chi connectivity index (χ4v) is 4.39. The standard InChI is InChI=1S/C17H20N2O4S/c20-15(18-13-7-6-12(8-13)17(22)23)14-9-24-10-19(14)16(21)11-4-2-1-3-5-11/h1-5,12-14H,6-10H2,(H,18,20)(H,22,23)/t12-,13+,14?/m0/s1. The summed E-state index contributed by atoms with van der Waals surface area (Å²) in [5.74, 6) is -0.441. The Morgan fingerprint density at radius 1 is 1.17 bits per heavy atom. The topological polar surface area (TPSA) is 86.7 Å². The van der Waals surface area contributed by atoms with Gasteiger partial charge < -0.3 is 15.3 Å². The maximum Gasteiger partial charge on any atom is 0.306 e. The quantitative estimate of drug-likeness (QED) is 0.862. The molecule has 6 nitrogen and oxygen atoms in total. The van der Waals surface area contributed by atoms with Crippen molar-refractivity contribution in [3.8, 4) is 0 Å². The monoisotopic (exact) mass is 348 g/mol. The number of amides is 2. The molecule has 1 aliphatic carbocycles. The number of carbonyl (C=O) groups is 3. The Balaban J connectivity index is 1.62. The highest BCUT2D eigenvalue weighted by Crippen LogP contribution is 2.27. The number of benzene rings is 1. The van der Waals surface area contributed by atoms with Crippen molar-refractivity contribution >= 4 is 29.5 Å². The Labute approximate surface area is 144 Å². The van der Waals surface area contributed by atoms with Crippen molar-refractivity contribution < 1.29 is 19.5 Å². The van der Waals surface area contributed by atoms with E-state index in [1.807, 2.05) is 6.07 Å². The molecule has 1 unspecified atom stereocenters. The maximum atomic E-state index is 12.6. The molecule has 128 valence electrons. The van der Waals surface area contributed by atoms with Crippen LogP contribution in [0.4, 0.5) is 0 Å². The van der Waals surface area contributed by atoms with Crippen LogP contribution in [0.15, 0.2) is 30.3 Å². The third-order valence-corrected chi connectivity index (χ3v) is 5.61. The normalized spacial score (nSPS) is 26.3. The van der Waals surface area contributed by atoms with Crippen molar-refractivity contribution in [3.63, 3.8) is 0 Å². The summed E-state index contributed by atoms with van der Waals surface area (Å²) in [6, 6.07) is 8.33. The van der Waals surface area contributed by atoms with Crippen molar-refractivity contribution in [1.82, 2.24) is 10.2 Å². The van der Waals surface area contributed by atoms with Crippen LogP contribution in [-0.4, -0.2) is 51.5 Å². The van der Waals surface area contributed by atoms with E-state index in [1.165, 1.54) is 0 Å². The SMILES string of the molecule is O=C(N[C@@H]1CC[C@H](C(=O)O)C1)C1CSCN1C(=O)c1ccccc1. The number of thioether (sulfide) groups is 1. The lowest BCUT2D eigenvalue weighted by Gasteiger charge is -2.24. The first-order valence-electron chi connectivity index (χ1n) is 8.03. The van der Waals surface area contributed by atoms with Gasteiger partial charge in [0.2, 0.25) is 5.91 Å². The molecule has 2 aliphatic rings. The summed E-state index contributed by atoms with van der Waals surface area (Å²) in [4.78, 5) is 37.8. The summed E-state index contributed by atoms with van der Waals surface area (Å²) in [5, 5.41) is 12.0. The molecular weight excluding hydrogens is 328 g/mol. The summed E-state index contributed by atoms with van der Waals surface area (Å²) in [7, 11) is 0. The molecule has 1 aliphatic heterocycles. The molecule has 0 bridgehead atoms. The van der Waals surface area contributed by atoms with Crippen LogP contribution in [0.2, 0.25) is 0 Å². The molecule has 0 spiro atoms. The Kier molecular flexibility index (Phi) is 5.08. The van der Waals surface area contributed by atoms with E-state index in [0.29, 0.717) is 36.5 Å². The van der Waals surface area contributed by atoms with Gasteiger partial charge in [-0.25, -0.2) is 0 Å². The number of aliphatic carboxylic acids is 1. The first-order valence-corrected chi connectivity index (χ1v) is 9.18. The van der Waals surface area contributed by atoms with Crippen LogP contribution < -0.4 is 5.32 Å². The highest BCUT2D eigenvalue weighted by Gasteiger charge is 2.37. The van der Waals surface area contributed by atoms with E-state index < -0.39 is 12.0 Å². The van der Waals surface area contributed by atoms with Crippen molar-refractivity contribution in [2.24, 2.45) is 5.92 Å². The molecule has 1 saturated heterocycles. The predicted octanol–water partition coefficient (Wildman–Crippen LogP) is 1.57. The van der Waals surface area contributed by atoms with Gasteiger partial charge in [0.1, 0.15) is 6.04 Å². The van der Waals surface area contributed by atoms with Crippen LogP contribution in [0.25, 0.3) is 0 Å². The zero-order valence-corrected chi connectivity index (χ0v) is 14.0. The third-order valence-electron chi connectivity index (χ3n) is 4.59. The van der Waals surface area contributed by atoms with Gasteiger partial charge in [0, 0.05) is 17.4 Å². The van der Waals surface area contributed by atoms with E-state index in [9.17, 15) is 14.4 Å². The number of carboxylic acid groups (broad SMARTS) is 1. The number of rotatable bonds is 4. The van der Waals surface area contributed by atoms with Crippen LogP contribution in [0.1, 0.15) is 29.6 Å². The molecule has 1 saturated carbocycles. The van der Waals surface area contributed by atoms with Crippen LogP contribution in [0, 0.1) is 5.92 Å². The molecule has 7 heteroatoms. The molecule has 0 aromatic heterocycles. The number of nitrogens with zero attached hydrogens (tertiary/aromatic N) is 1. The summed E-state index contributed by atoms with van der Waals surface area (Å²) >= 11 is 1.56. The van der Waals surface area contributed by atoms with Crippen LogP contribution in [0.3, 0.4) is 0 Å². The van der Waals surface area contributed by atoms with Gasteiger partial charge in [-0.05, 0) is 31.4 Å². The van der Waals surface area contributed by atoms with Gasteiger partial charge in [-0.2, -0.15) is 0 Å². The summed E-state index contributed by atoms with van der Waals surface area (Å²) in [6.45, 7) is 0. The minimum absolute atomic E-state index is 0.113. The molecule has 0 radical (unpaired) electrons. The molecule has 2 amide bonds. The molecule has 1 aromatic carbocycles. The lowest BCUT2D eigenvalue weighted by Crippen LogP contribution is -2.49. The van der Waals surface area contributed by atoms with Crippen LogP contribution in [0.5, 0.6) is 0 Å². The van der Waals surface area contributed by atoms with E-state index in [4.69, 9.17) is 5.11 Å². The smallest absolute Gasteiger partial charge is 0.306 e. The average molecular weight is 348 g/mol. The van der Waals surface area contributed by atoms with Gasteiger partial charge in [0.05, 0.1) is 11.8 Å². The number of hydrogen-bond acceptors (Lipinski definition) is 4. The second kappa shape index (κ2) is 7.25. The average Bonchev–Trinajstić information content (AvgIpc) is 3.24. The molecule has 2 fully saturated rings. The first-order chi connectivity index (χ1) is 11.6. The minimum atomic E-state index is -0.802. The zero-order valence-electron chi connectivity index (χ0n) is 13.2. The minimum Gasteiger partial charge on any atom is -0.481 e. The third kappa shape index (κ3) is 3.56. The summed E-state index contributed by atoms with van der Waals surface area (Å²) in [6.07, 6.45) is 1.73. The van der Waals surface area contributed by atoms with Gasteiger partial charge in [0.25, 0.3) is 5.91 Å². The fourth-order valence-electron chi connectivity index (χ4n) is 3.24. The Morgan fingerprint density at radius 2 is 1.92 bits per heavy atom. The molecule has 24 heavy (non-hydrogen) atoms. The highest BCUT2D eigenvalue weighted by atomic mass is 32.2. The number of carboxylic acids is 1. The highest BCUT2D eigenvalue weighted by molar-refractivity contribution is 7.99. The summed E-state index contributed by atoms with van der Waals surface area (Å²) in [5.41, 5.74) is 0.574. The van der Waals surface area contributed by atoms with E-state index in [1.54, 1.807) is 40.9 Å². The molecule has 3 rings (SSSR count). The van der Waals surface area contributed by atoms with E-state index in [0.717, 1.165) is 0 Å². The van der Waals surface area contributed by atoms with Crippen molar-refractivity contribution in [2.75, 3.05) is 11.6 Å². The summed E-state index contributed by atoms with van der Waals surface area (Å²) < 4.78 is 0. The number of nitrogens with one attached hydrogen (secondary N) is 1. The lowest BCUT2D eigenvalue weighted by molar-refractivity contribution is -0.141. The molecule has 2 N–H and O–H groups in total. The predicted molar refractivity (Wildman–Crippen MR) is 90.6 cm³/mol. The lowest BCUT2D eigenvalue weighted by atomic mass is 10.1. The van der Waals surface area contributed by atoms with Gasteiger partial charge in [-0.1, -0.05) is 18.2 Å². The van der Waals surface area contributed by atoms with E-state index in [-0.39, 0.29) is 23.8 Å². The Morgan fingerprint density at radius 3 is 2.58 bits per heavy atom. The van der Waals surface area contributed by atoms with Gasteiger partial charge in [-0.15, -0.1) is 11.8 Å². The van der Waals surface area contributed by atoms with Gasteiger partial charge >= 0.3 is 5.97 Å². The van der Waals surface area contributed by atoms with Crippen molar-refractivity contribution in [2.45, 2.75) is 31.3 Å². The van der Waals surface area contributed by atoms with Gasteiger partial charge in [0.15, 0.2) is 0 Å². The van der Waals surface area contributed by atoms with Crippen LogP contribution >= 0.6 is 11.8 Å². The fraction of sp³-hybridized carbons (Fsp3) is 0.471. The van der Waals surface area contributed by atoms with Gasteiger partial charge in [-0.3, -0.25) is 14.4 Å². The second-order valence-corrected chi connectivity index (χ2v) is 7.21. The molecule has 1 heterocycles. The van der Waals surface area contributed by atoms with E-state index >= 15 is 0 Å². The number of carbonyl (C=O) groups excluding carboxylic acids is 2.